The first-order valence-corrected chi connectivity index (χ1v) is 9.45. The predicted molar refractivity (Wildman–Crippen MR) is 94.9 cm³/mol. The van der Waals surface area contributed by atoms with E-state index in [1.807, 2.05) is 14.0 Å². The maximum atomic E-state index is 12.5. The van der Waals surface area contributed by atoms with Crippen molar-refractivity contribution >= 4 is 11.8 Å². The number of carbonyl (C=O) groups excluding carboxylic acids is 2. The van der Waals surface area contributed by atoms with E-state index in [-0.39, 0.29) is 23.7 Å². The minimum absolute atomic E-state index is 0.0226. The molecule has 144 valence electrons. The molecule has 1 saturated carbocycles. The molecule has 0 radical (unpaired) electrons. The highest BCUT2D eigenvalue weighted by atomic mass is 16.5. The number of aryl methyl sites for hydroxylation is 1. The van der Waals surface area contributed by atoms with Crippen molar-refractivity contribution < 1.29 is 14.1 Å². The van der Waals surface area contributed by atoms with Crippen molar-refractivity contribution in [3.63, 3.8) is 0 Å². The molecule has 2 aromatic heterocycles. The van der Waals surface area contributed by atoms with Gasteiger partial charge in [-0.1, -0.05) is 5.16 Å². The number of likely N-dealkylation sites (tertiary alicyclic amines) is 1. The van der Waals surface area contributed by atoms with Crippen LogP contribution in [0, 0.1) is 5.92 Å². The number of aromatic nitrogens is 4. The third-order valence-corrected chi connectivity index (χ3v) is 5.21. The zero-order chi connectivity index (χ0) is 19.0. The van der Waals surface area contributed by atoms with E-state index in [0.717, 1.165) is 12.8 Å². The summed E-state index contributed by atoms with van der Waals surface area (Å²) in [6.45, 7) is 4.34. The van der Waals surface area contributed by atoms with Crippen LogP contribution in [0.1, 0.15) is 47.9 Å². The molecule has 0 bridgehead atoms. The Morgan fingerprint density at radius 2 is 2.11 bits per heavy atom. The fourth-order valence-electron chi connectivity index (χ4n) is 3.28. The van der Waals surface area contributed by atoms with E-state index in [9.17, 15) is 9.59 Å². The van der Waals surface area contributed by atoms with Crippen LogP contribution in [-0.2, 0) is 17.8 Å². The molecule has 0 N–H and O–H groups in total. The van der Waals surface area contributed by atoms with Gasteiger partial charge in [0.05, 0.1) is 5.92 Å². The van der Waals surface area contributed by atoms with Gasteiger partial charge in [0.1, 0.15) is 5.69 Å². The quantitative estimate of drug-likeness (QED) is 0.717. The molecular formula is C18H24N6O3. The van der Waals surface area contributed by atoms with Crippen molar-refractivity contribution in [1.29, 1.82) is 0 Å². The number of carbonyl (C=O) groups is 2. The molecule has 0 aromatic carbocycles. The SMILES string of the molecule is CCn1nccc1C(=O)N1CC(c2nc(CCN(C)C(=O)C3CC3)no2)C1. The van der Waals surface area contributed by atoms with Crippen molar-refractivity contribution in [2.45, 2.75) is 38.6 Å². The predicted octanol–water partition coefficient (Wildman–Crippen LogP) is 0.937. The van der Waals surface area contributed by atoms with Crippen LogP contribution in [0.4, 0.5) is 0 Å². The molecular weight excluding hydrogens is 348 g/mol. The van der Waals surface area contributed by atoms with Crippen LogP contribution in [0.3, 0.4) is 0 Å². The molecule has 9 nitrogen and oxygen atoms in total. The van der Waals surface area contributed by atoms with E-state index in [0.29, 0.717) is 50.0 Å². The highest BCUT2D eigenvalue weighted by molar-refractivity contribution is 5.93. The second-order valence-electron chi connectivity index (χ2n) is 7.27. The van der Waals surface area contributed by atoms with Gasteiger partial charge in [0.15, 0.2) is 5.82 Å². The summed E-state index contributed by atoms with van der Waals surface area (Å²) in [5.41, 5.74) is 0.602. The number of hydrogen-bond donors (Lipinski definition) is 0. The Hall–Kier alpha value is -2.71. The lowest BCUT2D eigenvalue weighted by molar-refractivity contribution is -0.131. The molecule has 0 unspecified atom stereocenters. The Morgan fingerprint density at radius 3 is 2.81 bits per heavy atom. The highest BCUT2D eigenvalue weighted by Gasteiger charge is 2.37. The van der Waals surface area contributed by atoms with Crippen LogP contribution >= 0.6 is 0 Å². The Labute approximate surface area is 157 Å². The summed E-state index contributed by atoms with van der Waals surface area (Å²) in [6, 6.07) is 1.74. The molecule has 1 aliphatic carbocycles. The van der Waals surface area contributed by atoms with Crippen molar-refractivity contribution in [3.05, 3.63) is 29.7 Å². The van der Waals surface area contributed by atoms with Crippen LogP contribution in [-0.4, -0.2) is 68.2 Å². The summed E-state index contributed by atoms with van der Waals surface area (Å²) in [4.78, 5) is 32.4. The Bertz CT molecular complexity index is 834. The van der Waals surface area contributed by atoms with Gasteiger partial charge in [-0.05, 0) is 25.8 Å². The Kier molecular flexibility index (Phi) is 4.67. The third kappa shape index (κ3) is 3.58. The maximum absolute atomic E-state index is 12.5. The van der Waals surface area contributed by atoms with E-state index in [1.54, 1.807) is 26.7 Å². The number of nitrogens with zero attached hydrogens (tertiary/aromatic N) is 6. The fourth-order valence-corrected chi connectivity index (χ4v) is 3.28. The standard InChI is InChI=1S/C18H24N6O3/c1-3-24-14(6-8-19-24)18(26)23-10-13(11-23)16-20-15(21-27-16)7-9-22(2)17(25)12-4-5-12/h6,8,12-13H,3-5,7,9-11H2,1-2H3. The van der Waals surface area contributed by atoms with Gasteiger partial charge in [-0.25, -0.2) is 0 Å². The first-order valence-electron chi connectivity index (χ1n) is 9.45. The van der Waals surface area contributed by atoms with Gasteiger partial charge in [-0.2, -0.15) is 10.1 Å². The van der Waals surface area contributed by atoms with Gasteiger partial charge < -0.3 is 14.3 Å². The van der Waals surface area contributed by atoms with Crippen molar-refractivity contribution in [2.24, 2.45) is 5.92 Å². The Balaban J connectivity index is 1.27. The van der Waals surface area contributed by atoms with Gasteiger partial charge in [0.2, 0.25) is 11.8 Å². The van der Waals surface area contributed by atoms with E-state index < -0.39 is 0 Å². The topological polar surface area (TPSA) is 97.4 Å². The van der Waals surface area contributed by atoms with Gasteiger partial charge >= 0.3 is 0 Å². The van der Waals surface area contributed by atoms with Crippen molar-refractivity contribution in [1.82, 2.24) is 29.7 Å². The lowest BCUT2D eigenvalue weighted by Gasteiger charge is -2.37. The first kappa shape index (κ1) is 17.7. The van der Waals surface area contributed by atoms with Crippen LogP contribution in [0.2, 0.25) is 0 Å². The van der Waals surface area contributed by atoms with Crippen molar-refractivity contribution in [3.8, 4) is 0 Å². The summed E-state index contributed by atoms with van der Waals surface area (Å²) >= 11 is 0. The zero-order valence-corrected chi connectivity index (χ0v) is 15.7. The molecule has 1 aliphatic heterocycles. The van der Waals surface area contributed by atoms with E-state index in [4.69, 9.17) is 4.52 Å². The summed E-state index contributed by atoms with van der Waals surface area (Å²) in [7, 11) is 1.82. The van der Waals surface area contributed by atoms with Crippen LogP contribution in [0.15, 0.2) is 16.8 Å². The molecule has 2 amide bonds. The number of rotatable bonds is 7. The molecule has 2 aromatic rings. The van der Waals surface area contributed by atoms with Crippen LogP contribution < -0.4 is 0 Å². The van der Waals surface area contributed by atoms with Gasteiger partial charge in [0.25, 0.3) is 5.91 Å². The van der Waals surface area contributed by atoms with Crippen molar-refractivity contribution in [2.75, 3.05) is 26.7 Å². The molecule has 2 aliphatic rings. The Morgan fingerprint density at radius 1 is 1.33 bits per heavy atom. The average Bonchev–Trinajstić information content (AvgIpc) is 3.19. The maximum Gasteiger partial charge on any atom is 0.272 e. The lowest BCUT2D eigenvalue weighted by atomic mass is 9.99. The minimum Gasteiger partial charge on any atom is -0.345 e. The van der Waals surface area contributed by atoms with Crippen LogP contribution in [0.25, 0.3) is 0 Å². The molecule has 0 spiro atoms. The first-order chi connectivity index (χ1) is 13.1. The smallest absolute Gasteiger partial charge is 0.272 e. The number of hydrogen-bond acceptors (Lipinski definition) is 6. The van der Waals surface area contributed by atoms with Gasteiger partial charge in [-0.15, -0.1) is 0 Å². The van der Waals surface area contributed by atoms with E-state index >= 15 is 0 Å². The molecule has 2 fully saturated rings. The monoisotopic (exact) mass is 372 g/mol. The summed E-state index contributed by atoms with van der Waals surface area (Å²) in [6.07, 6.45) is 4.23. The average molecular weight is 372 g/mol. The van der Waals surface area contributed by atoms with E-state index in [2.05, 4.69) is 15.2 Å². The zero-order valence-electron chi connectivity index (χ0n) is 15.7. The fraction of sp³-hybridized carbons (Fsp3) is 0.611. The second-order valence-corrected chi connectivity index (χ2v) is 7.27. The molecule has 4 rings (SSSR count). The van der Waals surface area contributed by atoms with Gasteiger partial charge in [0, 0.05) is 51.8 Å². The minimum atomic E-state index is -0.0226. The second kappa shape index (κ2) is 7.13. The molecule has 0 atom stereocenters. The molecule has 27 heavy (non-hydrogen) atoms. The number of likely N-dealkylation sites (N-methyl/N-ethyl adjacent to an activating group) is 1. The number of amides is 2. The van der Waals surface area contributed by atoms with Gasteiger partial charge in [-0.3, -0.25) is 14.3 Å². The normalized spacial score (nSPS) is 17.0. The largest absolute Gasteiger partial charge is 0.345 e. The molecule has 3 heterocycles. The molecule has 9 heteroatoms. The summed E-state index contributed by atoms with van der Waals surface area (Å²) in [5.74, 6) is 1.64. The van der Waals surface area contributed by atoms with E-state index in [1.165, 1.54) is 0 Å². The highest BCUT2D eigenvalue weighted by Crippen LogP contribution is 2.30. The van der Waals surface area contributed by atoms with Crippen LogP contribution in [0.5, 0.6) is 0 Å². The molecule has 1 saturated heterocycles. The summed E-state index contributed by atoms with van der Waals surface area (Å²) in [5, 5.41) is 8.16. The lowest BCUT2D eigenvalue weighted by Crippen LogP contribution is -2.49. The third-order valence-electron chi connectivity index (χ3n) is 5.21. The summed E-state index contributed by atoms with van der Waals surface area (Å²) < 4.78 is 7.06.